The molecule has 3 aromatic rings. The highest BCUT2D eigenvalue weighted by Gasteiger charge is 2.21. The minimum atomic E-state index is -1.14. The largest absolute Gasteiger partial charge is 0.476 e. The van der Waals surface area contributed by atoms with Gasteiger partial charge < -0.3 is 26.4 Å². The molecule has 0 spiro atoms. The third-order valence-electron chi connectivity index (χ3n) is 5.69. The molecule has 0 fully saturated rings. The third-order valence-corrected chi connectivity index (χ3v) is 5.69. The van der Waals surface area contributed by atoms with Crippen LogP contribution in [0.5, 0.6) is 0 Å². The maximum atomic E-state index is 14.2. The number of hydrogen-bond donors (Lipinski definition) is 5. The zero-order valence-electron chi connectivity index (χ0n) is 19.1. The molecule has 11 heteroatoms. The molecule has 2 atom stereocenters. The number of carboxylic acids is 1. The molecule has 0 aliphatic carbocycles. The number of nitrogens with one attached hydrogen (secondary N) is 1. The van der Waals surface area contributed by atoms with Crippen LogP contribution in [0.4, 0.5) is 10.3 Å². The standard InChI is InChI=1S/C23H29FN6O4/c1-13(18-7-16(24)6-15(8-25)19(18)11-32)5-17(3-4-31)28-23-26-9-14(2)21(29-23)30-10-20(22(33)34)27-12-30/h6-7,9-10,12-13,17,31-32H,3-5,8,11,25H2,1-2H3,(H,33,34)(H,26,28,29). The van der Waals surface area contributed by atoms with Crippen LogP contribution in [0.2, 0.25) is 0 Å². The van der Waals surface area contributed by atoms with E-state index in [4.69, 9.17) is 10.8 Å². The van der Waals surface area contributed by atoms with E-state index in [9.17, 15) is 19.4 Å². The van der Waals surface area contributed by atoms with Crippen molar-refractivity contribution in [1.82, 2.24) is 19.5 Å². The topological polar surface area (TPSA) is 159 Å². The predicted octanol–water partition coefficient (Wildman–Crippen LogP) is 2.12. The van der Waals surface area contributed by atoms with Gasteiger partial charge in [-0.15, -0.1) is 0 Å². The van der Waals surface area contributed by atoms with Gasteiger partial charge in [-0.2, -0.15) is 4.98 Å². The van der Waals surface area contributed by atoms with Gasteiger partial charge in [-0.05, 0) is 54.5 Å². The Hall–Kier alpha value is -3.41. The molecule has 2 heterocycles. The first-order valence-corrected chi connectivity index (χ1v) is 10.9. The fourth-order valence-corrected chi connectivity index (χ4v) is 3.99. The van der Waals surface area contributed by atoms with Gasteiger partial charge >= 0.3 is 5.97 Å². The molecular formula is C23H29FN6O4. The molecule has 182 valence electrons. The number of nitrogens with two attached hydrogens (primary N) is 1. The molecule has 0 bridgehead atoms. The van der Waals surface area contributed by atoms with Crippen molar-refractivity contribution < 1.29 is 24.5 Å². The molecule has 2 unspecified atom stereocenters. The number of aliphatic hydroxyl groups is 2. The van der Waals surface area contributed by atoms with Crippen molar-refractivity contribution in [3.8, 4) is 5.82 Å². The number of aromatic carboxylic acids is 1. The van der Waals surface area contributed by atoms with Crippen LogP contribution in [0.15, 0.2) is 30.9 Å². The zero-order chi connectivity index (χ0) is 24.8. The summed E-state index contributed by atoms with van der Waals surface area (Å²) in [4.78, 5) is 23.8. The highest BCUT2D eigenvalue weighted by atomic mass is 19.1. The van der Waals surface area contributed by atoms with E-state index in [1.165, 1.54) is 29.2 Å². The number of aliphatic hydroxyl groups excluding tert-OH is 2. The smallest absolute Gasteiger partial charge is 0.356 e. The Morgan fingerprint density at radius 3 is 2.68 bits per heavy atom. The number of aryl methyl sites for hydroxylation is 1. The van der Waals surface area contributed by atoms with E-state index < -0.39 is 11.8 Å². The Morgan fingerprint density at radius 2 is 2.06 bits per heavy atom. The molecule has 0 saturated heterocycles. The monoisotopic (exact) mass is 472 g/mol. The number of imidazole rings is 1. The first-order valence-electron chi connectivity index (χ1n) is 10.9. The second-order valence-corrected chi connectivity index (χ2v) is 8.16. The number of carbonyl (C=O) groups is 1. The summed E-state index contributed by atoms with van der Waals surface area (Å²) < 4.78 is 15.7. The summed E-state index contributed by atoms with van der Waals surface area (Å²) >= 11 is 0. The summed E-state index contributed by atoms with van der Waals surface area (Å²) in [6.07, 6.45) is 5.23. The summed E-state index contributed by atoms with van der Waals surface area (Å²) in [5.74, 6) is -0.962. The van der Waals surface area contributed by atoms with E-state index in [0.717, 1.165) is 0 Å². The van der Waals surface area contributed by atoms with Gasteiger partial charge in [0.1, 0.15) is 18.0 Å². The number of aromatic nitrogens is 4. The Bertz CT molecular complexity index is 1150. The number of halogens is 1. The molecule has 0 saturated carbocycles. The average Bonchev–Trinajstić information content (AvgIpc) is 3.30. The van der Waals surface area contributed by atoms with Crippen molar-refractivity contribution in [2.45, 2.75) is 51.8 Å². The fourth-order valence-electron chi connectivity index (χ4n) is 3.99. The maximum Gasteiger partial charge on any atom is 0.356 e. The first-order chi connectivity index (χ1) is 16.3. The lowest BCUT2D eigenvalue weighted by molar-refractivity contribution is 0.0691. The van der Waals surface area contributed by atoms with Gasteiger partial charge in [0.2, 0.25) is 5.95 Å². The van der Waals surface area contributed by atoms with E-state index in [1.54, 1.807) is 13.1 Å². The van der Waals surface area contributed by atoms with Gasteiger partial charge in [0, 0.05) is 37.2 Å². The molecule has 0 aliphatic rings. The Morgan fingerprint density at radius 1 is 1.29 bits per heavy atom. The van der Waals surface area contributed by atoms with E-state index in [1.807, 2.05) is 6.92 Å². The summed E-state index contributed by atoms with van der Waals surface area (Å²) in [5.41, 5.74) is 8.18. The molecule has 0 amide bonds. The summed E-state index contributed by atoms with van der Waals surface area (Å²) in [5, 5.41) is 31.8. The molecule has 6 N–H and O–H groups in total. The van der Waals surface area contributed by atoms with Gasteiger partial charge in [-0.25, -0.2) is 19.2 Å². The second-order valence-electron chi connectivity index (χ2n) is 8.16. The highest BCUT2D eigenvalue weighted by molar-refractivity contribution is 5.85. The van der Waals surface area contributed by atoms with Crippen molar-refractivity contribution in [2.75, 3.05) is 11.9 Å². The first kappa shape index (κ1) is 25.2. The molecule has 0 aliphatic heterocycles. The Balaban J connectivity index is 1.84. The second kappa shape index (κ2) is 11.1. The third kappa shape index (κ3) is 5.74. The summed E-state index contributed by atoms with van der Waals surface area (Å²) in [6, 6.07) is 2.48. The van der Waals surface area contributed by atoms with Gasteiger partial charge in [-0.1, -0.05) is 6.92 Å². The van der Waals surface area contributed by atoms with Crippen LogP contribution in [0.25, 0.3) is 5.82 Å². The van der Waals surface area contributed by atoms with Gasteiger partial charge in [0.15, 0.2) is 5.69 Å². The fraction of sp³-hybridized carbons (Fsp3) is 0.391. The lowest BCUT2D eigenvalue weighted by atomic mass is 9.87. The van der Waals surface area contributed by atoms with Crippen molar-refractivity contribution in [1.29, 1.82) is 0 Å². The predicted molar refractivity (Wildman–Crippen MR) is 123 cm³/mol. The normalized spacial score (nSPS) is 13.0. The van der Waals surface area contributed by atoms with Gasteiger partial charge in [0.05, 0.1) is 6.61 Å². The van der Waals surface area contributed by atoms with Crippen LogP contribution >= 0.6 is 0 Å². The van der Waals surface area contributed by atoms with E-state index in [-0.39, 0.29) is 37.4 Å². The van der Waals surface area contributed by atoms with E-state index in [0.29, 0.717) is 46.9 Å². The highest BCUT2D eigenvalue weighted by Crippen LogP contribution is 2.29. The number of rotatable bonds is 11. The zero-order valence-corrected chi connectivity index (χ0v) is 19.1. The number of benzene rings is 1. The molecule has 0 radical (unpaired) electrons. The molecule has 10 nitrogen and oxygen atoms in total. The van der Waals surface area contributed by atoms with Crippen molar-refractivity contribution in [2.24, 2.45) is 5.73 Å². The van der Waals surface area contributed by atoms with Crippen LogP contribution in [-0.4, -0.2) is 53.5 Å². The molecular weight excluding hydrogens is 443 g/mol. The summed E-state index contributed by atoms with van der Waals surface area (Å²) in [7, 11) is 0. The van der Waals surface area contributed by atoms with Crippen LogP contribution in [-0.2, 0) is 13.2 Å². The van der Waals surface area contributed by atoms with Crippen LogP contribution in [0.3, 0.4) is 0 Å². The van der Waals surface area contributed by atoms with Crippen molar-refractivity contribution in [3.63, 3.8) is 0 Å². The SMILES string of the molecule is Cc1cnc(NC(CCO)CC(C)c2cc(F)cc(CN)c2CO)nc1-n1cnc(C(=O)O)c1. The summed E-state index contributed by atoms with van der Waals surface area (Å²) in [6.45, 7) is 3.49. The van der Waals surface area contributed by atoms with Crippen molar-refractivity contribution in [3.05, 3.63) is 64.6 Å². The lowest BCUT2D eigenvalue weighted by Gasteiger charge is -2.24. The Labute approximate surface area is 196 Å². The minimum Gasteiger partial charge on any atom is -0.476 e. The quantitative estimate of drug-likeness (QED) is 0.282. The maximum absolute atomic E-state index is 14.2. The lowest BCUT2D eigenvalue weighted by Crippen LogP contribution is -2.25. The number of hydrogen-bond acceptors (Lipinski definition) is 8. The number of anilines is 1. The number of nitrogens with zero attached hydrogens (tertiary/aromatic N) is 4. The minimum absolute atomic E-state index is 0.0867. The molecule has 1 aromatic carbocycles. The van der Waals surface area contributed by atoms with Gasteiger partial charge in [0.25, 0.3) is 0 Å². The molecule has 2 aromatic heterocycles. The molecule has 3 rings (SSSR count). The van der Waals surface area contributed by atoms with E-state index >= 15 is 0 Å². The van der Waals surface area contributed by atoms with Crippen LogP contribution in [0.1, 0.15) is 58.4 Å². The van der Waals surface area contributed by atoms with Crippen LogP contribution in [0, 0.1) is 12.7 Å². The Kier molecular flexibility index (Phi) is 8.26. The molecule has 34 heavy (non-hydrogen) atoms. The van der Waals surface area contributed by atoms with Crippen molar-refractivity contribution >= 4 is 11.9 Å². The number of carboxylic acid groups (broad SMARTS) is 1. The average molecular weight is 473 g/mol. The van der Waals surface area contributed by atoms with E-state index in [2.05, 4.69) is 20.3 Å². The van der Waals surface area contributed by atoms with Crippen LogP contribution < -0.4 is 11.1 Å². The van der Waals surface area contributed by atoms with Gasteiger partial charge in [-0.3, -0.25) is 4.57 Å².